The van der Waals surface area contributed by atoms with E-state index < -0.39 is 0 Å². The molecule has 0 bridgehead atoms. The molecule has 272 valence electrons. The first-order valence-electron chi connectivity index (χ1n) is 17.9. The van der Waals surface area contributed by atoms with Crippen LogP contribution in [0.4, 0.5) is 0 Å². The second-order valence-electron chi connectivity index (χ2n) is 13.9. The molecule has 1 unspecified atom stereocenters. The van der Waals surface area contributed by atoms with Gasteiger partial charge in [0.25, 0.3) is 5.56 Å². The summed E-state index contributed by atoms with van der Waals surface area (Å²) in [5.74, 6) is 0.822. The third kappa shape index (κ3) is 7.02. The van der Waals surface area contributed by atoms with E-state index in [-0.39, 0.29) is 29.5 Å². The molecule has 3 aromatic heterocycles. The molecule has 2 aromatic carbocycles. The molecular formula is C40H39Cl2N7O4. The van der Waals surface area contributed by atoms with Crippen molar-refractivity contribution >= 4 is 40.7 Å². The second-order valence-corrected chi connectivity index (χ2v) is 14.6. The first-order valence-corrected chi connectivity index (χ1v) is 18.7. The zero-order chi connectivity index (χ0) is 36.6. The van der Waals surface area contributed by atoms with Crippen LogP contribution in [0.5, 0.6) is 5.88 Å². The third-order valence-electron chi connectivity index (χ3n) is 10.6. The first kappa shape index (κ1) is 35.2. The Balaban J connectivity index is 1.02. The lowest BCUT2D eigenvalue weighted by Gasteiger charge is -2.37. The van der Waals surface area contributed by atoms with Gasteiger partial charge in [0.1, 0.15) is 5.65 Å². The summed E-state index contributed by atoms with van der Waals surface area (Å²) in [5, 5.41) is 7.39. The van der Waals surface area contributed by atoms with Crippen LogP contribution in [0.15, 0.2) is 77.9 Å². The van der Waals surface area contributed by atoms with Crippen molar-refractivity contribution in [2.75, 3.05) is 33.3 Å². The number of hydrogen-bond donors (Lipinski definition) is 2. The van der Waals surface area contributed by atoms with Gasteiger partial charge in [0.05, 0.1) is 28.4 Å². The molecule has 6 heterocycles. The van der Waals surface area contributed by atoms with Gasteiger partial charge >= 0.3 is 0 Å². The number of pyridine rings is 2. The van der Waals surface area contributed by atoms with Gasteiger partial charge in [-0.15, -0.1) is 0 Å². The molecule has 13 heteroatoms. The molecule has 0 radical (unpaired) electrons. The molecule has 3 saturated heterocycles. The minimum Gasteiger partial charge on any atom is -0.481 e. The molecule has 2 amide bonds. The number of ether oxygens (including phenoxy) is 1. The maximum atomic E-state index is 13.5. The predicted molar refractivity (Wildman–Crippen MR) is 205 cm³/mol. The van der Waals surface area contributed by atoms with Crippen LogP contribution in [0.1, 0.15) is 36.8 Å². The number of methoxy groups -OCH3 is 1. The van der Waals surface area contributed by atoms with Crippen molar-refractivity contribution < 1.29 is 14.3 Å². The molecule has 53 heavy (non-hydrogen) atoms. The molecule has 3 aliphatic rings. The molecule has 0 saturated carbocycles. The number of nitrogens with zero attached hydrogens (tertiary/aromatic N) is 5. The predicted octanol–water partition coefficient (Wildman–Crippen LogP) is 5.58. The van der Waals surface area contributed by atoms with Crippen molar-refractivity contribution in [2.24, 2.45) is 0 Å². The molecule has 0 aliphatic carbocycles. The quantitative estimate of drug-likeness (QED) is 0.190. The van der Waals surface area contributed by atoms with E-state index in [0.717, 1.165) is 59.3 Å². The Bertz CT molecular complexity index is 2300. The normalized spacial score (nSPS) is 18.8. The van der Waals surface area contributed by atoms with Crippen LogP contribution in [-0.2, 0) is 22.7 Å². The van der Waals surface area contributed by atoms with Gasteiger partial charge in [0.2, 0.25) is 17.7 Å². The molecule has 11 nitrogen and oxygen atoms in total. The summed E-state index contributed by atoms with van der Waals surface area (Å²) in [6, 6.07) is 19.6. The smallest absolute Gasteiger partial charge is 0.262 e. The van der Waals surface area contributed by atoms with E-state index in [1.165, 1.54) is 0 Å². The topological polar surface area (TPSA) is 121 Å². The van der Waals surface area contributed by atoms with Crippen molar-refractivity contribution in [2.45, 2.75) is 50.9 Å². The lowest BCUT2D eigenvalue weighted by atomic mass is 9.97. The summed E-state index contributed by atoms with van der Waals surface area (Å²) < 4.78 is 7.23. The van der Waals surface area contributed by atoms with Crippen LogP contribution in [0.25, 0.3) is 39.2 Å². The van der Waals surface area contributed by atoms with E-state index in [2.05, 4.69) is 20.5 Å². The van der Waals surface area contributed by atoms with Crippen molar-refractivity contribution in [1.29, 1.82) is 0 Å². The second kappa shape index (κ2) is 14.9. The van der Waals surface area contributed by atoms with Crippen molar-refractivity contribution in [3.63, 3.8) is 0 Å². The number of fused-ring (bicyclic) bond motifs is 2. The molecule has 2 N–H and O–H groups in total. The van der Waals surface area contributed by atoms with Crippen LogP contribution < -0.4 is 20.9 Å². The highest BCUT2D eigenvalue weighted by atomic mass is 35.5. The largest absolute Gasteiger partial charge is 0.481 e. The molecule has 3 fully saturated rings. The van der Waals surface area contributed by atoms with E-state index in [1.807, 2.05) is 65.6 Å². The minimum absolute atomic E-state index is 0.0940. The average molecular weight is 753 g/mol. The number of carbonyl (C=O) groups excluding carboxylic acids is 2. The molecule has 2 atom stereocenters. The van der Waals surface area contributed by atoms with Crippen LogP contribution in [-0.4, -0.2) is 81.4 Å². The first-order chi connectivity index (χ1) is 25.8. The molecular weight excluding hydrogens is 713 g/mol. The van der Waals surface area contributed by atoms with E-state index in [1.54, 1.807) is 23.9 Å². The van der Waals surface area contributed by atoms with E-state index in [4.69, 9.17) is 32.9 Å². The zero-order valence-corrected chi connectivity index (χ0v) is 30.8. The average Bonchev–Trinajstić information content (AvgIpc) is 3.76. The number of rotatable bonds is 10. The summed E-state index contributed by atoms with van der Waals surface area (Å²) in [5.41, 5.74) is 6.44. The van der Waals surface area contributed by atoms with Gasteiger partial charge in [-0.05, 0) is 36.6 Å². The van der Waals surface area contributed by atoms with Crippen LogP contribution >= 0.6 is 23.2 Å². The lowest BCUT2D eigenvalue weighted by Crippen LogP contribution is -2.51. The van der Waals surface area contributed by atoms with Gasteiger partial charge in [-0.3, -0.25) is 23.7 Å². The van der Waals surface area contributed by atoms with Crippen molar-refractivity contribution in [3.05, 3.63) is 105 Å². The van der Waals surface area contributed by atoms with Gasteiger partial charge in [-0.2, -0.15) is 0 Å². The Morgan fingerprint density at radius 1 is 0.906 bits per heavy atom. The number of piperazine rings is 1. The maximum absolute atomic E-state index is 13.5. The Labute approximate surface area is 316 Å². The van der Waals surface area contributed by atoms with E-state index in [0.29, 0.717) is 71.9 Å². The minimum atomic E-state index is -0.108. The van der Waals surface area contributed by atoms with E-state index in [9.17, 15) is 14.4 Å². The number of amides is 2. The summed E-state index contributed by atoms with van der Waals surface area (Å²) in [7, 11) is 1.59. The van der Waals surface area contributed by atoms with Gasteiger partial charge in [-0.1, -0.05) is 65.7 Å². The highest BCUT2D eigenvalue weighted by molar-refractivity contribution is 6.39. The Morgan fingerprint density at radius 3 is 2.45 bits per heavy atom. The summed E-state index contributed by atoms with van der Waals surface area (Å²) >= 11 is 14.2. The van der Waals surface area contributed by atoms with Gasteiger partial charge in [0, 0.05) is 104 Å². The fourth-order valence-corrected chi connectivity index (χ4v) is 8.41. The summed E-state index contributed by atoms with van der Waals surface area (Å²) in [4.78, 5) is 50.9. The number of halogens is 2. The third-order valence-corrected chi connectivity index (χ3v) is 11.4. The van der Waals surface area contributed by atoms with Gasteiger partial charge in [-0.25, -0.2) is 9.97 Å². The molecule has 5 aromatic rings. The number of aromatic nitrogens is 3. The fraction of sp³-hybridized carbons (Fsp3) is 0.325. The zero-order valence-electron chi connectivity index (χ0n) is 29.3. The molecule has 3 aliphatic heterocycles. The van der Waals surface area contributed by atoms with Crippen molar-refractivity contribution in [3.8, 4) is 39.4 Å². The maximum Gasteiger partial charge on any atom is 0.262 e. The molecule has 8 rings (SSSR count). The monoisotopic (exact) mass is 751 g/mol. The number of benzene rings is 2. The number of nitrogens with one attached hydrogen (secondary N) is 2. The van der Waals surface area contributed by atoms with Crippen LogP contribution in [0.3, 0.4) is 0 Å². The summed E-state index contributed by atoms with van der Waals surface area (Å²) in [6.45, 7) is 3.92. The van der Waals surface area contributed by atoms with Crippen LogP contribution in [0.2, 0.25) is 10.0 Å². The fourth-order valence-electron chi connectivity index (χ4n) is 7.75. The summed E-state index contributed by atoms with van der Waals surface area (Å²) in [6.07, 6.45) is 6.29. The lowest BCUT2D eigenvalue weighted by molar-refractivity contribution is -0.130. The highest BCUT2D eigenvalue weighted by Crippen LogP contribution is 2.42. The SMILES string of the molecule is COc1nc(-c2cccc(-c3cccc(-c4ccn5c(=O)c(CN6CCN7C(=O)CCC7C6)cnc5c4)c3Cl)c2Cl)ccc1CNC[C@@H]1CCC(=O)N1. The van der Waals surface area contributed by atoms with Crippen LogP contribution in [0, 0.1) is 0 Å². The van der Waals surface area contributed by atoms with Gasteiger partial charge < -0.3 is 20.3 Å². The Hall–Kier alpha value is -4.81. The number of hydrogen-bond acceptors (Lipinski definition) is 8. The van der Waals surface area contributed by atoms with E-state index >= 15 is 0 Å². The number of carbonyl (C=O) groups is 2. The standard InChI is InChI=1S/C40H39Cl2N7O4/c1-53-39-25(19-43-21-27-9-12-35(50)45-27)8-11-33(46-39)32-7-3-6-31(38(32)42)30-5-2-4-29(37(30)41)24-14-15-49-34(18-24)44-20-26(40(49)52)22-47-16-17-48-28(23-47)10-13-36(48)51/h2-8,11,14-15,18,20,27-28,43H,9-10,12-13,16-17,19,21-23H2,1H3,(H,45,50)/t27-,28?/m0/s1. The Kier molecular flexibility index (Phi) is 9.91. The van der Waals surface area contributed by atoms with Gasteiger partial charge in [0.15, 0.2) is 0 Å². The van der Waals surface area contributed by atoms with Crippen molar-refractivity contribution in [1.82, 2.24) is 34.8 Å². The Morgan fingerprint density at radius 2 is 1.68 bits per heavy atom. The highest BCUT2D eigenvalue weighted by Gasteiger charge is 2.35. The molecule has 0 spiro atoms.